The Labute approximate surface area is 193 Å². The van der Waals surface area contributed by atoms with Crippen molar-refractivity contribution in [1.29, 1.82) is 0 Å². The molecular weight excluding hydrogens is 489 g/mol. The SMILES string of the molecule is COc1c(N2CCC(C(N)C=C(C(F)(F)F)C(F)(F)F)C2)c(F)cc2c(=O)[nH]c(=O)n(C3CC3)c12. The number of halogens is 7. The van der Waals surface area contributed by atoms with Crippen LogP contribution in [0, 0.1) is 11.7 Å². The molecule has 2 aliphatic rings. The van der Waals surface area contributed by atoms with Gasteiger partial charge in [-0.25, -0.2) is 9.18 Å². The number of alkyl halides is 6. The fourth-order valence-corrected chi connectivity index (χ4v) is 4.50. The molecule has 4 rings (SSSR count). The molecule has 2 aromatic rings. The summed E-state index contributed by atoms with van der Waals surface area (Å²) in [6, 6.07) is -0.898. The molecule has 1 aromatic heterocycles. The predicted molar refractivity (Wildman–Crippen MR) is 112 cm³/mol. The maximum absolute atomic E-state index is 15.2. The average molecular weight is 510 g/mol. The first-order chi connectivity index (χ1) is 16.2. The van der Waals surface area contributed by atoms with E-state index in [0.717, 1.165) is 6.07 Å². The van der Waals surface area contributed by atoms with Crippen LogP contribution in [-0.4, -0.2) is 48.1 Å². The highest BCUT2D eigenvalue weighted by Crippen LogP contribution is 2.44. The second-order valence-corrected chi connectivity index (χ2v) is 8.64. The Balaban J connectivity index is 1.74. The first kappa shape index (κ1) is 25.1. The highest BCUT2D eigenvalue weighted by molar-refractivity contribution is 5.91. The summed E-state index contributed by atoms with van der Waals surface area (Å²) in [5.41, 5.74) is 1.42. The number of aromatic nitrogens is 2. The lowest BCUT2D eigenvalue weighted by Gasteiger charge is -2.25. The summed E-state index contributed by atoms with van der Waals surface area (Å²) in [6.07, 6.45) is -9.93. The maximum Gasteiger partial charge on any atom is 0.421 e. The molecule has 1 aromatic carbocycles. The van der Waals surface area contributed by atoms with Gasteiger partial charge in [-0.15, -0.1) is 0 Å². The first-order valence-corrected chi connectivity index (χ1v) is 10.7. The number of methoxy groups -OCH3 is 1. The Hall–Kier alpha value is -3.03. The topological polar surface area (TPSA) is 93.3 Å². The fourth-order valence-electron chi connectivity index (χ4n) is 4.50. The van der Waals surface area contributed by atoms with Gasteiger partial charge in [0.1, 0.15) is 16.8 Å². The molecule has 192 valence electrons. The van der Waals surface area contributed by atoms with E-state index in [1.54, 1.807) is 0 Å². The lowest BCUT2D eigenvalue weighted by atomic mass is 9.97. The summed E-state index contributed by atoms with van der Waals surface area (Å²) in [4.78, 5) is 28.3. The fraction of sp³-hybridized carbons (Fsp3) is 0.524. The standard InChI is InChI=1S/C21H21F7N4O3/c1-35-17-15-11(18(33)30-19(34)32(15)10-2-3-10)6-12(22)16(17)31-5-4-9(8-31)13(29)7-14(20(23,24)25)21(26,27)28/h6-7,9-10,13H,2-5,8,29H2,1H3,(H,30,33,34). The summed E-state index contributed by atoms with van der Waals surface area (Å²) >= 11 is 0. The highest BCUT2D eigenvalue weighted by atomic mass is 19.4. The number of ether oxygens (including phenoxy) is 1. The number of benzene rings is 1. The number of hydrogen-bond acceptors (Lipinski definition) is 5. The van der Waals surface area contributed by atoms with Gasteiger partial charge in [-0.05, 0) is 31.2 Å². The van der Waals surface area contributed by atoms with Crippen LogP contribution < -0.4 is 26.6 Å². The summed E-state index contributed by atoms with van der Waals surface area (Å²) in [5, 5.41) is -0.120. The second-order valence-electron chi connectivity index (χ2n) is 8.64. The summed E-state index contributed by atoms with van der Waals surface area (Å²) < 4.78 is 99.3. The third-order valence-electron chi connectivity index (χ3n) is 6.28. The molecule has 3 N–H and O–H groups in total. The van der Waals surface area contributed by atoms with Crippen molar-refractivity contribution in [3.05, 3.63) is 44.4 Å². The molecule has 2 unspecified atom stereocenters. The number of nitrogens with zero attached hydrogens (tertiary/aromatic N) is 2. The van der Waals surface area contributed by atoms with Gasteiger partial charge in [0.15, 0.2) is 11.6 Å². The minimum atomic E-state index is -5.64. The molecule has 0 amide bonds. The number of H-pyrrole nitrogens is 1. The van der Waals surface area contributed by atoms with Crippen LogP contribution in [0.15, 0.2) is 27.3 Å². The van der Waals surface area contributed by atoms with Crippen LogP contribution in [0.1, 0.15) is 25.3 Å². The summed E-state index contributed by atoms with van der Waals surface area (Å²) in [7, 11) is 1.21. The molecule has 7 nitrogen and oxygen atoms in total. The third-order valence-corrected chi connectivity index (χ3v) is 6.28. The Morgan fingerprint density at radius 1 is 1.17 bits per heavy atom. The van der Waals surface area contributed by atoms with E-state index in [1.165, 1.54) is 16.6 Å². The van der Waals surface area contributed by atoms with E-state index < -0.39 is 47.0 Å². The van der Waals surface area contributed by atoms with Crippen molar-refractivity contribution in [2.45, 2.75) is 43.7 Å². The van der Waals surface area contributed by atoms with Crippen molar-refractivity contribution in [1.82, 2.24) is 9.55 Å². The van der Waals surface area contributed by atoms with Crippen molar-refractivity contribution < 1.29 is 35.5 Å². The van der Waals surface area contributed by atoms with Gasteiger partial charge in [-0.1, -0.05) is 6.08 Å². The van der Waals surface area contributed by atoms with Crippen molar-refractivity contribution in [2.24, 2.45) is 11.7 Å². The Morgan fingerprint density at radius 2 is 1.80 bits per heavy atom. The Bertz CT molecular complexity index is 1280. The number of nitrogens with one attached hydrogen (secondary N) is 1. The number of nitrogens with two attached hydrogens (primary N) is 1. The van der Waals surface area contributed by atoms with E-state index in [9.17, 15) is 35.9 Å². The van der Waals surface area contributed by atoms with Crippen LogP contribution in [0.3, 0.4) is 0 Å². The average Bonchev–Trinajstić information content (AvgIpc) is 3.45. The summed E-state index contributed by atoms with van der Waals surface area (Å²) in [6.45, 7) is -0.120. The number of allylic oxidation sites excluding steroid dienone is 1. The van der Waals surface area contributed by atoms with Gasteiger partial charge in [0.05, 0.1) is 12.5 Å². The van der Waals surface area contributed by atoms with E-state index in [4.69, 9.17) is 10.5 Å². The number of fused-ring (bicyclic) bond motifs is 1. The zero-order valence-corrected chi connectivity index (χ0v) is 18.3. The molecule has 2 atom stereocenters. The molecule has 1 aliphatic heterocycles. The number of aromatic amines is 1. The molecule has 14 heteroatoms. The minimum absolute atomic E-state index is 0.0492. The van der Waals surface area contributed by atoms with Crippen LogP contribution >= 0.6 is 0 Å². The van der Waals surface area contributed by atoms with Crippen molar-refractivity contribution in [3.63, 3.8) is 0 Å². The van der Waals surface area contributed by atoms with Gasteiger partial charge < -0.3 is 15.4 Å². The van der Waals surface area contributed by atoms with Gasteiger partial charge in [-0.3, -0.25) is 14.3 Å². The maximum atomic E-state index is 15.2. The lowest BCUT2D eigenvalue weighted by molar-refractivity contribution is -0.172. The zero-order valence-electron chi connectivity index (χ0n) is 18.3. The zero-order chi connectivity index (χ0) is 25.9. The largest absolute Gasteiger partial charge is 0.492 e. The predicted octanol–water partition coefficient (Wildman–Crippen LogP) is 3.38. The molecule has 2 fully saturated rings. The Kier molecular flexibility index (Phi) is 6.14. The molecular formula is C21H21F7N4O3. The van der Waals surface area contributed by atoms with E-state index in [2.05, 4.69) is 4.98 Å². The Morgan fingerprint density at radius 3 is 2.34 bits per heavy atom. The van der Waals surface area contributed by atoms with Crippen molar-refractivity contribution >= 4 is 16.6 Å². The molecule has 1 aliphatic carbocycles. The number of anilines is 1. The van der Waals surface area contributed by atoms with Crippen LogP contribution in [-0.2, 0) is 0 Å². The van der Waals surface area contributed by atoms with Gasteiger partial charge in [0, 0.05) is 25.2 Å². The van der Waals surface area contributed by atoms with Crippen molar-refractivity contribution in [3.8, 4) is 5.75 Å². The van der Waals surface area contributed by atoms with Crippen LogP contribution in [0.4, 0.5) is 36.4 Å². The van der Waals surface area contributed by atoms with Crippen molar-refractivity contribution in [2.75, 3.05) is 25.1 Å². The van der Waals surface area contributed by atoms with E-state index in [-0.39, 0.29) is 54.0 Å². The lowest BCUT2D eigenvalue weighted by Crippen LogP contribution is -2.35. The monoisotopic (exact) mass is 510 g/mol. The number of rotatable bonds is 5. The molecule has 1 saturated carbocycles. The van der Waals surface area contributed by atoms with Gasteiger partial charge in [0.2, 0.25) is 0 Å². The first-order valence-electron chi connectivity index (χ1n) is 10.7. The van der Waals surface area contributed by atoms with E-state index in [0.29, 0.717) is 12.8 Å². The molecule has 0 bridgehead atoms. The number of hydrogen-bond donors (Lipinski definition) is 2. The molecule has 2 heterocycles. The quantitative estimate of drug-likeness (QED) is 0.476. The van der Waals surface area contributed by atoms with E-state index in [1.807, 2.05) is 0 Å². The molecule has 0 spiro atoms. The minimum Gasteiger partial charge on any atom is -0.492 e. The molecule has 0 radical (unpaired) electrons. The van der Waals surface area contributed by atoms with Gasteiger partial charge in [0.25, 0.3) is 5.56 Å². The smallest absolute Gasteiger partial charge is 0.421 e. The second kappa shape index (κ2) is 8.57. The molecule has 35 heavy (non-hydrogen) atoms. The summed E-state index contributed by atoms with van der Waals surface area (Å²) in [5.74, 6) is -1.87. The third kappa shape index (κ3) is 4.62. The van der Waals surface area contributed by atoms with Gasteiger partial charge >= 0.3 is 18.0 Å². The van der Waals surface area contributed by atoms with Gasteiger partial charge in [-0.2, -0.15) is 26.3 Å². The normalized spacial score (nSPS) is 19.8. The van der Waals surface area contributed by atoms with Crippen LogP contribution in [0.25, 0.3) is 10.9 Å². The highest BCUT2D eigenvalue weighted by Gasteiger charge is 2.51. The van der Waals surface area contributed by atoms with E-state index >= 15 is 4.39 Å². The van der Waals surface area contributed by atoms with Crippen LogP contribution in [0.2, 0.25) is 0 Å². The van der Waals surface area contributed by atoms with Crippen LogP contribution in [0.5, 0.6) is 5.75 Å². The molecule has 1 saturated heterocycles.